The largest absolute Gasteiger partial charge is 0.396 e. The highest BCUT2D eigenvalue weighted by Gasteiger charge is 2.15. The molecule has 8 heteroatoms. The number of thiophene rings is 1. The number of carbonyl (C=O) groups is 1. The van der Waals surface area contributed by atoms with Gasteiger partial charge in [0.1, 0.15) is 4.21 Å². The molecule has 1 amide bonds. The van der Waals surface area contributed by atoms with Crippen LogP contribution in [0.5, 0.6) is 0 Å². The molecule has 0 fully saturated rings. The third-order valence-corrected chi connectivity index (χ3v) is 5.77. The number of sulfonamides is 1. The molecular weight excluding hydrogens is 336 g/mol. The van der Waals surface area contributed by atoms with Gasteiger partial charge in [0, 0.05) is 18.8 Å². The zero-order valence-corrected chi connectivity index (χ0v) is 14.0. The van der Waals surface area contributed by atoms with E-state index in [1.54, 1.807) is 35.7 Å². The average Bonchev–Trinajstić information content (AvgIpc) is 3.04. The average molecular weight is 354 g/mol. The lowest BCUT2D eigenvalue weighted by Gasteiger charge is -2.08. The molecule has 1 aromatic carbocycles. The van der Waals surface area contributed by atoms with E-state index in [1.165, 1.54) is 6.07 Å². The molecule has 124 valence electrons. The Kier molecular flexibility index (Phi) is 6.14. The minimum absolute atomic E-state index is 0.0410. The van der Waals surface area contributed by atoms with Gasteiger partial charge in [0.15, 0.2) is 0 Å². The Labute approximate surface area is 139 Å². The molecule has 2 aromatic rings. The van der Waals surface area contributed by atoms with E-state index >= 15 is 0 Å². The summed E-state index contributed by atoms with van der Waals surface area (Å²) in [5.41, 5.74) is 1.23. The summed E-state index contributed by atoms with van der Waals surface area (Å²) in [6.07, 6.45) is 0.735. The maximum atomic E-state index is 12.1. The first-order valence-corrected chi connectivity index (χ1v) is 9.40. The van der Waals surface area contributed by atoms with Crippen molar-refractivity contribution in [2.24, 2.45) is 0 Å². The molecule has 0 bridgehead atoms. The lowest BCUT2D eigenvalue weighted by atomic mass is 10.1. The van der Waals surface area contributed by atoms with E-state index in [1.807, 2.05) is 0 Å². The van der Waals surface area contributed by atoms with Crippen LogP contribution in [-0.4, -0.2) is 32.6 Å². The Morgan fingerprint density at radius 3 is 2.52 bits per heavy atom. The van der Waals surface area contributed by atoms with Crippen molar-refractivity contribution in [3.8, 4) is 0 Å². The van der Waals surface area contributed by atoms with Gasteiger partial charge in [-0.15, -0.1) is 11.3 Å². The van der Waals surface area contributed by atoms with Crippen molar-refractivity contribution < 1.29 is 18.3 Å². The van der Waals surface area contributed by atoms with Crippen molar-refractivity contribution in [3.63, 3.8) is 0 Å². The molecule has 0 unspecified atom stereocenters. The van der Waals surface area contributed by atoms with E-state index in [4.69, 9.17) is 5.11 Å². The smallest absolute Gasteiger partial charge is 0.271 e. The number of aliphatic hydroxyl groups is 1. The standard InChI is InChI=1S/C15H18N2O4S2/c18-9-2-8-16-14(19)11-12-4-6-13(7-5-12)17-23(20,21)15-3-1-10-22-15/h1,3-7,10,17-18H,2,8-9,11H2,(H,16,19). The van der Waals surface area contributed by atoms with E-state index in [2.05, 4.69) is 10.0 Å². The van der Waals surface area contributed by atoms with Crippen LogP contribution in [0, 0.1) is 0 Å². The quantitative estimate of drug-likeness (QED) is 0.627. The second kappa shape index (κ2) is 8.09. The molecule has 0 aliphatic heterocycles. The van der Waals surface area contributed by atoms with E-state index in [0.717, 1.165) is 16.9 Å². The number of benzene rings is 1. The van der Waals surface area contributed by atoms with E-state index < -0.39 is 10.0 Å². The van der Waals surface area contributed by atoms with Crippen molar-refractivity contribution in [1.29, 1.82) is 0 Å². The van der Waals surface area contributed by atoms with Gasteiger partial charge in [-0.2, -0.15) is 0 Å². The molecule has 0 aliphatic rings. The minimum atomic E-state index is -3.56. The summed E-state index contributed by atoms with van der Waals surface area (Å²) < 4.78 is 26.9. The van der Waals surface area contributed by atoms with E-state index in [0.29, 0.717) is 18.7 Å². The SMILES string of the molecule is O=C(Cc1ccc(NS(=O)(=O)c2cccs2)cc1)NCCCO. The summed E-state index contributed by atoms with van der Waals surface area (Å²) in [6.45, 7) is 0.480. The van der Waals surface area contributed by atoms with Gasteiger partial charge >= 0.3 is 0 Å². The third kappa shape index (κ3) is 5.34. The lowest BCUT2D eigenvalue weighted by molar-refractivity contribution is -0.120. The highest BCUT2D eigenvalue weighted by Crippen LogP contribution is 2.20. The first-order valence-electron chi connectivity index (χ1n) is 7.04. The second-order valence-electron chi connectivity index (χ2n) is 4.84. The molecule has 0 radical (unpaired) electrons. The molecule has 3 N–H and O–H groups in total. The summed E-state index contributed by atoms with van der Waals surface area (Å²) in [7, 11) is -3.56. The van der Waals surface area contributed by atoms with Crippen LogP contribution in [0.1, 0.15) is 12.0 Å². The van der Waals surface area contributed by atoms with Gasteiger partial charge in [-0.25, -0.2) is 8.42 Å². The number of nitrogens with one attached hydrogen (secondary N) is 2. The van der Waals surface area contributed by atoms with Crippen LogP contribution in [0.2, 0.25) is 0 Å². The predicted molar refractivity (Wildman–Crippen MR) is 90.0 cm³/mol. The van der Waals surface area contributed by atoms with Gasteiger partial charge < -0.3 is 10.4 Å². The molecule has 0 saturated carbocycles. The van der Waals surface area contributed by atoms with Gasteiger partial charge in [0.25, 0.3) is 10.0 Å². The number of aliphatic hydroxyl groups excluding tert-OH is 1. The Bertz CT molecular complexity index is 725. The molecule has 1 aromatic heterocycles. The molecule has 0 spiro atoms. The number of hydrogen-bond acceptors (Lipinski definition) is 5. The topological polar surface area (TPSA) is 95.5 Å². The number of anilines is 1. The summed E-state index contributed by atoms with van der Waals surface area (Å²) in [5, 5.41) is 13.1. The van der Waals surface area contributed by atoms with Crippen LogP contribution in [0.15, 0.2) is 46.0 Å². The predicted octanol–water partition coefficient (Wildman–Crippen LogP) is 1.59. The maximum absolute atomic E-state index is 12.1. The zero-order chi connectivity index (χ0) is 16.7. The molecule has 2 rings (SSSR count). The number of hydrogen-bond donors (Lipinski definition) is 3. The number of carbonyl (C=O) groups excluding carboxylic acids is 1. The fraction of sp³-hybridized carbons (Fsp3) is 0.267. The lowest BCUT2D eigenvalue weighted by Crippen LogP contribution is -2.26. The second-order valence-corrected chi connectivity index (χ2v) is 7.70. The summed E-state index contributed by atoms with van der Waals surface area (Å²) in [4.78, 5) is 11.7. The van der Waals surface area contributed by atoms with Crippen molar-refractivity contribution >= 4 is 33.0 Å². The van der Waals surface area contributed by atoms with Crippen LogP contribution in [-0.2, 0) is 21.2 Å². The number of rotatable bonds is 8. The fourth-order valence-electron chi connectivity index (χ4n) is 1.87. The Morgan fingerprint density at radius 2 is 1.91 bits per heavy atom. The minimum Gasteiger partial charge on any atom is -0.396 e. The molecule has 0 saturated heterocycles. The Hall–Kier alpha value is -1.90. The van der Waals surface area contributed by atoms with Crippen LogP contribution < -0.4 is 10.0 Å². The van der Waals surface area contributed by atoms with Crippen molar-refractivity contribution in [2.45, 2.75) is 17.1 Å². The highest BCUT2D eigenvalue weighted by atomic mass is 32.2. The summed E-state index contributed by atoms with van der Waals surface area (Å²) in [6, 6.07) is 9.88. The van der Waals surface area contributed by atoms with Crippen molar-refractivity contribution in [1.82, 2.24) is 5.32 Å². The molecule has 23 heavy (non-hydrogen) atoms. The molecule has 0 aliphatic carbocycles. The van der Waals surface area contributed by atoms with Crippen LogP contribution in [0.3, 0.4) is 0 Å². The Morgan fingerprint density at radius 1 is 1.17 bits per heavy atom. The molecular formula is C15H18N2O4S2. The maximum Gasteiger partial charge on any atom is 0.271 e. The van der Waals surface area contributed by atoms with Gasteiger partial charge in [-0.1, -0.05) is 18.2 Å². The normalized spacial score (nSPS) is 11.2. The van der Waals surface area contributed by atoms with Gasteiger partial charge in [0.2, 0.25) is 5.91 Å². The Balaban J connectivity index is 1.93. The van der Waals surface area contributed by atoms with Crippen molar-refractivity contribution in [3.05, 3.63) is 47.3 Å². The molecule has 1 heterocycles. The number of amides is 1. The third-order valence-electron chi connectivity index (χ3n) is 2.99. The molecule has 6 nitrogen and oxygen atoms in total. The van der Waals surface area contributed by atoms with Gasteiger partial charge in [-0.3, -0.25) is 9.52 Å². The zero-order valence-electron chi connectivity index (χ0n) is 12.4. The monoisotopic (exact) mass is 354 g/mol. The van der Waals surface area contributed by atoms with Crippen molar-refractivity contribution in [2.75, 3.05) is 17.9 Å². The first kappa shape index (κ1) is 17.5. The highest BCUT2D eigenvalue weighted by molar-refractivity contribution is 7.94. The molecule has 0 atom stereocenters. The first-order chi connectivity index (χ1) is 11.0. The van der Waals surface area contributed by atoms with E-state index in [9.17, 15) is 13.2 Å². The van der Waals surface area contributed by atoms with Gasteiger partial charge in [0.05, 0.1) is 6.42 Å². The van der Waals surface area contributed by atoms with Gasteiger partial charge in [-0.05, 0) is 35.6 Å². The van der Waals surface area contributed by atoms with E-state index in [-0.39, 0.29) is 23.1 Å². The van der Waals surface area contributed by atoms with Crippen LogP contribution >= 0.6 is 11.3 Å². The van der Waals surface area contributed by atoms with Crippen LogP contribution in [0.25, 0.3) is 0 Å². The summed E-state index contributed by atoms with van der Waals surface area (Å²) in [5.74, 6) is -0.134. The fourth-order valence-corrected chi connectivity index (χ4v) is 3.92. The van der Waals surface area contributed by atoms with Crippen LogP contribution in [0.4, 0.5) is 5.69 Å². The summed E-state index contributed by atoms with van der Waals surface area (Å²) >= 11 is 1.15.